The van der Waals surface area contributed by atoms with Gasteiger partial charge in [0, 0.05) is 0 Å². The SMILES string of the molecule is Cc1nc2ccc(C3CCCCC3)cc2[nH]1. The number of nitrogens with zero attached hydrogens (tertiary/aromatic N) is 1. The molecule has 1 aromatic carbocycles. The first-order chi connectivity index (χ1) is 7.83. The van der Waals surface area contributed by atoms with Gasteiger partial charge in [0.05, 0.1) is 11.0 Å². The van der Waals surface area contributed by atoms with Gasteiger partial charge >= 0.3 is 0 Å². The van der Waals surface area contributed by atoms with E-state index in [1.807, 2.05) is 6.92 Å². The van der Waals surface area contributed by atoms with E-state index in [4.69, 9.17) is 0 Å². The number of fused-ring (bicyclic) bond motifs is 1. The quantitative estimate of drug-likeness (QED) is 0.765. The van der Waals surface area contributed by atoms with Crippen molar-refractivity contribution in [2.24, 2.45) is 0 Å². The summed E-state index contributed by atoms with van der Waals surface area (Å²) in [5, 5.41) is 0. The molecule has 16 heavy (non-hydrogen) atoms. The van der Waals surface area contributed by atoms with Gasteiger partial charge in [-0.05, 0) is 43.4 Å². The van der Waals surface area contributed by atoms with Crippen LogP contribution in [0.5, 0.6) is 0 Å². The molecule has 0 atom stereocenters. The van der Waals surface area contributed by atoms with E-state index in [-0.39, 0.29) is 0 Å². The molecule has 2 aromatic rings. The van der Waals surface area contributed by atoms with E-state index in [1.54, 1.807) is 0 Å². The normalized spacial score (nSPS) is 18.1. The maximum atomic E-state index is 4.44. The van der Waals surface area contributed by atoms with E-state index in [0.717, 1.165) is 17.3 Å². The highest BCUT2D eigenvalue weighted by Gasteiger charge is 2.15. The molecule has 1 aromatic heterocycles. The Kier molecular flexibility index (Phi) is 2.43. The Morgan fingerprint density at radius 3 is 2.81 bits per heavy atom. The van der Waals surface area contributed by atoms with Crippen molar-refractivity contribution < 1.29 is 0 Å². The highest BCUT2D eigenvalue weighted by atomic mass is 14.9. The average molecular weight is 214 g/mol. The van der Waals surface area contributed by atoms with Gasteiger partial charge in [0.2, 0.25) is 0 Å². The second-order valence-corrected chi connectivity index (χ2v) is 4.93. The molecule has 1 aliphatic carbocycles. The van der Waals surface area contributed by atoms with E-state index in [2.05, 4.69) is 28.2 Å². The lowest BCUT2D eigenvalue weighted by atomic mass is 9.84. The fraction of sp³-hybridized carbons (Fsp3) is 0.500. The molecule has 0 saturated heterocycles. The van der Waals surface area contributed by atoms with Gasteiger partial charge in [-0.2, -0.15) is 0 Å². The van der Waals surface area contributed by atoms with Crippen LogP contribution in [0, 0.1) is 6.92 Å². The first kappa shape index (κ1) is 9.88. The van der Waals surface area contributed by atoms with Crippen molar-refractivity contribution in [1.29, 1.82) is 0 Å². The minimum absolute atomic E-state index is 0.779. The zero-order valence-electron chi connectivity index (χ0n) is 9.79. The van der Waals surface area contributed by atoms with Crippen LogP contribution in [-0.2, 0) is 0 Å². The highest BCUT2D eigenvalue weighted by Crippen LogP contribution is 2.33. The fourth-order valence-corrected chi connectivity index (χ4v) is 2.84. The van der Waals surface area contributed by atoms with Crippen molar-refractivity contribution in [2.45, 2.75) is 44.9 Å². The zero-order valence-corrected chi connectivity index (χ0v) is 9.79. The Labute approximate surface area is 96.1 Å². The molecule has 84 valence electrons. The third kappa shape index (κ3) is 1.73. The molecule has 1 heterocycles. The minimum atomic E-state index is 0.779. The van der Waals surface area contributed by atoms with Crippen molar-refractivity contribution >= 4 is 11.0 Å². The summed E-state index contributed by atoms with van der Waals surface area (Å²) in [6.07, 6.45) is 6.93. The number of benzene rings is 1. The summed E-state index contributed by atoms with van der Waals surface area (Å²) in [7, 11) is 0. The van der Waals surface area contributed by atoms with Gasteiger partial charge in [-0.25, -0.2) is 4.98 Å². The summed E-state index contributed by atoms with van der Waals surface area (Å²) < 4.78 is 0. The Balaban J connectivity index is 1.97. The van der Waals surface area contributed by atoms with E-state index < -0.39 is 0 Å². The minimum Gasteiger partial charge on any atom is -0.342 e. The highest BCUT2D eigenvalue weighted by molar-refractivity contribution is 5.76. The molecular formula is C14H18N2. The summed E-state index contributed by atoms with van der Waals surface area (Å²) in [4.78, 5) is 7.77. The predicted molar refractivity (Wildman–Crippen MR) is 66.7 cm³/mol. The van der Waals surface area contributed by atoms with Crippen LogP contribution in [-0.4, -0.2) is 9.97 Å². The Morgan fingerprint density at radius 1 is 1.19 bits per heavy atom. The number of imidazole rings is 1. The maximum Gasteiger partial charge on any atom is 0.104 e. The van der Waals surface area contributed by atoms with Crippen LogP contribution in [0.3, 0.4) is 0 Å². The largest absolute Gasteiger partial charge is 0.342 e. The third-order valence-corrected chi connectivity index (χ3v) is 3.70. The van der Waals surface area contributed by atoms with Crippen LogP contribution in [0.4, 0.5) is 0 Å². The van der Waals surface area contributed by atoms with Gasteiger partial charge in [0.25, 0.3) is 0 Å². The summed E-state index contributed by atoms with van der Waals surface area (Å²) in [5.74, 6) is 1.79. The number of aryl methyl sites for hydroxylation is 1. The molecule has 2 nitrogen and oxygen atoms in total. The predicted octanol–water partition coefficient (Wildman–Crippen LogP) is 3.92. The topological polar surface area (TPSA) is 28.7 Å². The van der Waals surface area contributed by atoms with E-state index in [9.17, 15) is 0 Å². The Hall–Kier alpha value is -1.31. The lowest BCUT2D eigenvalue weighted by Gasteiger charge is -2.21. The van der Waals surface area contributed by atoms with Crippen molar-refractivity contribution in [2.75, 3.05) is 0 Å². The molecule has 1 fully saturated rings. The lowest BCUT2D eigenvalue weighted by molar-refractivity contribution is 0.444. The lowest BCUT2D eigenvalue weighted by Crippen LogP contribution is -2.04. The van der Waals surface area contributed by atoms with E-state index in [0.29, 0.717) is 0 Å². The number of nitrogens with one attached hydrogen (secondary N) is 1. The molecule has 3 rings (SSSR count). The maximum absolute atomic E-state index is 4.44. The van der Waals surface area contributed by atoms with Crippen molar-refractivity contribution in [3.05, 3.63) is 29.6 Å². The number of hydrogen-bond acceptors (Lipinski definition) is 1. The number of aromatic amines is 1. The van der Waals surface area contributed by atoms with Crippen LogP contribution >= 0.6 is 0 Å². The zero-order chi connectivity index (χ0) is 11.0. The second kappa shape index (κ2) is 3.93. The van der Waals surface area contributed by atoms with Gasteiger partial charge in [-0.3, -0.25) is 0 Å². The number of hydrogen-bond donors (Lipinski definition) is 1. The Morgan fingerprint density at radius 2 is 2.00 bits per heavy atom. The molecule has 0 aliphatic heterocycles. The van der Waals surface area contributed by atoms with Gasteiger partial charge in [0.15, 0.2) is 0 Å². The van der Waals surface area contributed by atoms with E-state index >= 15 is 0 Å². The van der Waals surface area contributed by atoms with Crippen molar-refractivity contribution in [3.63, 3.8) is 0 Å². The molecule has 1 saturated carbocycles. The summed E-state index contributed by atoms with van der Waals surface area (Å²) in [6, 6.07) is 6.71. The second-order valence-electron chi connectivity index (χ2n) is 4.93. The number of H-pyrrole nitrogens is 1. The van der Waals surface area contributed by atoms with Crippen LogP contribution in [0.1, 0.15) is 49.4 Å². The van der Waals surface area contributed by atoms with Gasteiger partial charge in [0.1, 0.15) is 5.82 Å². The van der Waals surface area contributed by atoms with Crippen LogP contribution in [0.25, 0.3) is 11.0 Å². The first-order valence-corrected chi connectivity index (χ1v) is 6.29. The van der Waals surface area contributed by atoms with Gasteiger partial charge < -0.3 is 4.98 Å². The molecule has 0 bridgehead atoms. The smallest absolute Gasteiger partial charge is 0.104 e. The summed E-state index contributed by atoms with van der Waals surface area (Å²) in [5.41, 5.74) is 3.79. The van der Waals surface area contributed by atoms with Crippen molar-refractivity contribution in [3.8, 4) is 0 Å². The van der Waals surface area contributed by atoms with E-state index in [1.165, 1.54) is 43.2 Å². The Bertz CT molecular complexity index is 492. The molecule has 2 heteroatoms. The van der Waals surface area contributed by atoms with Gasteiger partial charge in [-0.1, -0.05) is 25.3 Å². The van der Waals surface area contributed by atoms with Crippen LogP contribution < -0.4 is 0 Å². The monoisotopic (exact) mass is 214 g/mol. The summed E-state index contributed by atoms with van der Waals surface area (Å²) >= 11 is 0. The molecule has 0 unspecified atom stereocenters. The number of rotatable bonds is 1. The number of aromatic nitrogens is 2. The first-order valence-electron chi connectivity index (χ1n) is 6.29. The fourth-order valence-electron chi connectivity index (χ4n) is 2.84. The molecule has 0 amide bonds. The van der Waals surface area contributed by atoms with Crippen molar-refractivity contribution in [1.82, 2.24) is 9.97 Å². The third-order valence-electron chi connectivity index (χ3n) is 3.70. The molecule has 0 spiro atoms. The average Bonchev–Trinajstić information content (AvgIpc) is 2.69. The molecular weight excluding hydrogens is 196 g/mol. The molecule has 0 radical (unpaired) electrons. The van der Waals surface area contributed by atoms with Crippen LogP contribution in [0.15, 0.2) is 18.2 Å². The van der Waals surface area contributed by atoms with Gasteiger partial charge in [-0.15, -0.1) is 0 Å². The standard InChI is InChI=1S/C14H18N2/c1-10-15-13-8-7-12(9-14(13)16-10)11-5-3-2-4-6-11/h7-9,11H,2-6H2,1H3,(H,15,16). The molecule has 1 aliphatic rings. The van der Waals surface area contributed by atoms with Crippen LogP contribution in [0.2, 0.25) is 0 Å². The summed E-state index contributed by atoms with van der Waals surface area (Å²) in [6.45, 7) is 2.01. The molecule has 1 N–H and O–H groups in total.